The topological polar surface area (TPSA) is 84.3 Å². The summed E-state index contributed by atoms with van der Waals surface area (Å²) < 4.78 is 0. The van der Waals surface area contributed by atoms with E-state index in [0.717, 1.165) is 17.9 Å². The number of hydrogen-bond donors (Lipinski definition) is 2. The van der Waals surface area contributed by atoms with Crippen LogP contribution in [0.2, 0.25) is 0 Å². The van der Waals surface area contributed by atoms with Crippen LogP contribution in [-0.2, 0) is 0 Å². The molecule has 2 N–H and O–H groups in total. The first-order chi connectivity index (χ1) is 12.5. The Balaban J connectivity index is 1.87. The van der Waals surface area contributed by atoms with Crippen LogP contribution in [0.25, 0.3) is 0 Å². The lowest BCUT2D eigenvalue weighted by atomic mass is 9.94. The minimum Gasteiger partial charge on any atom is -0.348 e. The molecule has 1 heterocycles. The van der Waals surface area contributed by atoms with E-state index in [2.05, 4.69) is 17.6 Å². The molecule has 1 saturated heterocycles. The number of benzene rings is 2. The third kappa shape index (κ3) is 4.42. The molecule has 1 amide bonds. The van der Waals surface area contributed by atoms with Crippen LogP contribution < -0.4 is 10.6 Å². The highest BCUT2D eigenvalue weighted by atomic mass is 32.2. The van der Waals surface area contributed by atoms with Crippen LogP contribution in [0.5, 0.6) is 0 Å². The number of nitrogens with one attached hydrogen (secondary N) is 2. The van der Waals surface area contributed by atoms with Crippen molar-refractivity contribution in [3.63, 3.8) is 0 Å². The van der Waals surface area contributed by atoms with Gasteiger partial charge in [-0.2, -0.15) is 0 Å². The van der Waals surface area contributed by atoms with Crippen LogP contribution in [0.15, 0.2) is 58.3 Å². The predicted octanol–water partition coefficient (Wildman–Crippen LogP) is 3.47. The van der Waals surface area contributed by atoms with Gasteiger partial charge >= 0.3 is 0 Å². The second-order valence-electron chi connectivity index (χ2n) is 6.40. The van der Waals surface area contributed by atoms with Gasteiger partial charge in [-0.15, -0.1) is 0 Å². The van der Waals surface area contributed by atoms with Crippen molar-refractivity contribution in [1.29, 1.82) is 0 Å². The van der Waals surface area contributed by atoms with Gasteiger partial charge in [0.2, 0.25) is 0 Å². The molecule has 7 heteroatoms. The molecule has 0 radical (unpaired) electrons. The Morgan fingerprint density at radius 3 is 2.73 bits per heavy atom. The molecular formula is C19H21N3O3S. The average Bonchev–Trinajstić information content (AvgIpc) is 2.64. The van der Waals surface area contributed by atoms with Crippen molar-refractivity contribution in [1.82, 2.24) is 10.6 Å². The van der Waals surface area contributed by atoms with Gasteiger partial charge in [0.1, 0.15) is 0 Å². The molecule has 0 spiro atoms. The Bertz CT molecular complexity index is 798. The standard InChI is InChI=1S/C19H21N3O3S/c1-13-9-10-20-12-17(13)21-19(23)16-11-14(22(24)25)7-8-18(16)26-15-5-3-2-4-6-15/h2-8,11,13,17,20H,9-10,12H2,1H3,(H,21,23). The number of hydrogen-bond acceptors (Lipinski definition) is 5. The molecule has 1 fully saturated rings. The summed E-state index contributed by atoms with van der Waals surface area (Å²) in [5.41, 5.74) is 0.258. The minimum atomic E-state index is -0.474. The number of piperidine rings is 1. The van der Waals surface area contributed by atoms with Gasteiger partial charge in [0.15, 0.2) is 0 Å². The fourth-order valence-corrected chi connectivity index (χ4v) is 3.89. The molecule has 2 unspecified atom stereocenters. The molecule has 0 bridgehead atoms. The summed E-state index contributed by atoms with van der Waals surface area (Å²) in [5, 5.41) is 17.5. The summed E-state index contributed by atoms with van der Waals surface area (Å²) in [6.07, 6.45) is 0.992. The summed E-state index contributed by atoms with van der Waals surface area (Å²) in [6, 6.07) is 14.1. The van der Waals surface area contributed by atoms with Crippen molar-refractivity contribution >= 4 is 23.4 Å². The van der Waals surface area contributed by atoms with E-state index in [1.54, 1.807) is 6.07 Å². The van der Waals surface area contributed by atoms with Gasteiger partial charge in [0.25, 0.3) is 11.6 Å². The van der Waals surface area contributed by atoms with Gasteiger partial charge in [0, 0.05) is 34.5 Å². The molecule has 2 aromatic rings. The molecule has 1 aliphatic heterocycles. The molecule has 1 aliphatic rings. The summed E-state index contributed by atoms with van der Waals surface area (Å²) in [4.78, 5) is 25.2. The molecule has 136 valence electrons. The van der Waals surface area contributed by atoms with Crippen molar-refractivity contribution in [2.45, 2.75) is 29.2 Å². The molecule has 2 aromatic carbocycles. The maximum Gasteiger partial charge on any atom is 0.270 e. The maximum absolute atomic E-state index is 12.9. The van der Waals surface area contributed by atoms with Gasteiger partial charge < -0.3 is 10.6 Å². The highest BCUT2D eigenvalue weighted by Gasteiger charge is 2.25. The first-order valence-corrected chi connectivity index (χ1v) is 9.39. The zero-order chi connectivity index (χ0) is 18.5. The summed E-state index contributed by atoms with van der Waals surface area (Å²) in [5.74, 6) is 0.0943. The van der Waals surface area contributed by atoms with Crippen molar-refractivity contribution in [3.8, 4) is 0 Å². The van der Waals surface area contributed by atoms with Crippen LogP contribution in [0.4, 0.5) is 5.69 Å². The third-order valence-corrected chi connectivity index (χ3v) is 5.62. The molecule has 0 saturated carbocycles. The summed E-state index contributed by atoms with van der Waals surface area (Å²) in [7, 11) is 0. The van der Waals surface area contributed by atoms with E-state index in [4.69, 9.17) is 0 Å². The molecule has 0 aliphatic carbocycles. The molecular weight excluding hydrogens is 350 g/mol. The number of carbonyl (C=O) groups excluding carboxylic acids is 1. The van der Waals surface area contributed by atoms with E-state index in [0.29, 0.717) is 22.9 Å². The van der Waals surface area contributed by atoms with Crippen LogP contribution in [0.1, 0.15) is 23.7 Å². The Morgan fingerprint density at radius 2 is 2.04 bits per heavy atom. The van der Waals surface area contributed by atoms with Gasteiger partial charge in [0.05, 0.1) is 10.5 Å². The first-order valence-electron chi connectivity index (χ1n) is 8.57. The fourth-order valence-electron chi connectivity index (χ4n) is 2.94. The number of nitro benzene ring substituents is 1. The van der Waals surface area contributed by atoms with Gasteiger partial charge in [-0.1, -0.05) is 36.9 Å². The zero-order valence-electron chi connectivity index (χ0n) is 14.5. The van der Waals surface area contributed by atoms with Crippen molar-refractivity contribution < 1.29 is 9.72 Å². The summed E-state index contributed by atoms with van der Waals surface area (Å²) in [6.45, 7) is 3.77. The minimum absolute atomic E-state index is 0.0186. The fraction of sp³-hybridized carbons (Fsp3) is 0.316. The molecule has 26 heavy (non-hydrogen) atoms. The Labute approximate surface area is 156 Å². The molecule has 3 rings (SSSR count). The van der Waals surface area contributed by atoms with Crippen LogP contribution in [0, 0.1) is 16.0 Å². The van der Waals surface area contributed by atoms with E-state index < -0.39 is 4.92 Å². The molecule has 0 aromatic heterocycles. The second-order valence-corrected chi connectivity index (χ2v) is 7.52. The quantitative estimate of drug-likeness (QED) is 0.621. The van der Waals surface area contributed by atoms with Crippen molar-refractivity contribution in [2.24, 2.45) is 5.92 Å². The Morgan fingerprint density at radius 1 is 1.27 bits per heavy atom. The average molecular weight is 371 g/mol. The lowest BCUT2D eigenvalue weighted by Crippen LogP contribution is -2.50. The third-order valence-electron chi connectivity index (χ3n) is 4.53. The number of carbonyl (C=O) groups is 1. The number of nitro groups is 1. The molecule has 2 atom stereocenters. The maximum atomic E-state index is 12.9. The number of rotatable bonds is 5. The van der Waals surface area contributed by atoms with E-state index in [-0.39, 0.29) is 17.6 Å². The Hall–Kier alpha value is -2.38. The first kappa shape index (κ1) is 18.4. The van der Waals surface area contributed by atoms with Crippen LogP contribution >= 0.6 is 11.8 Å². The smallest absolute Gasteiger partial charge is 0.270 e. The largest absolute Gasteiger partial charge is 0.348 e. The van der Waals surface area contributed by atoms with Gasteiger partial charge in [-0.25, -0.2) is 0 Å². The van der Waals surface area contributed by atoms with Crippen LogP contribution in [0.3, 0.4) is 0 Å². The van der Waals surface area contributed by atoms with Gasteiger partial charge in [-0.05, 0) is 37.1 Å². The normalized spacial score (nSPS) is 19.7. The van der Waals surface area contributed by atoms with E-state index in [9.17, 15) is 14.9 Å². The van der Waals surface area contributed by atoms with Crippen LogP contribution in [-0.4, -0.2) is 30.0 Å². The highest BCUT2D eigenvalue weighted by Crippen LogP contribution is 2.32. The Kier molecular flexibility index (Phi) is 5.90. The SMILES string of the molecule is CC1CCNCC1NC(=O)c1cc([N+](=O)[O-])ccc1Sc1ccccc1. The lowest BCUT2D eigenvalue weighted by Gasteiger charge is -2.30. The number of amides is 1. The van der Waals surface area contributed by atoms with E-state index in [1.807, 2.05) is 30.3 Å². The van der Waals surface area contributed by atoms with Gasteiger partial charge in [-0.3, -0.25) is 14.9 Å². The number of non-ortho nitro benzene ring substituents is 1. The summed E-state index contributed by atoms with van der Waals surface area (Å²) >= 11 is 1.43. The van der Waals surface area contributed by atoms with Crippen molar-refractivity contribution in [2.75, 3.05) is 13.1 Å². The number of nitrogens with zero attached hydrogens (tertiary/aromatic N) is 1. The second kappa shape index (κ2) is 8.33. The molecule has 6 nitrogen and oxygen atoms in total. The predicted molar refractivity (Wildman–Crippen MR) is 102 cm³/mol. The monoisotopic (exact) mass is 371 g/mol. The van der Waals surface area contributed by atoms with E-state index in [1.165, 1.54) is 23.9 Å². The lowest BCUT2D eigenvalue weighted by molar-refractivity contribution is -0.384. The zero-order valence-corrected chi connectivity index (χ0v) is 15.3. The van der Waals surface area contributed by atoms with Crippen molar-refractivity contribution in [3.05, 3.63) is 64.2 Å². The highest BCUT2D eigenvalue weighted by molar-refractivity contribution is 7.99. The van der Waals surface area contributed by atoms with E-state index >= 15 is 0 Å².